The van der Waals surface area contributed by atoms with Crippen LogP contribution in [-0.4, -0.2) is 45.3 Å². The van der Waals surface area contributed by atoms with Crippen molar-refractivity contribution in [3.05, 3.63) is 0 Å². The molecular weight excluding hydrogens is 134 g/mol. The molecule has 62 valence electrons. The van der Waals surface area contributed by atoms with Crippen LogP contribution in [0.3, 0.4) is 0 Å². The highest BCUT2D eigenvalue weighted by Crippen LogP contribution is 1.50. The van der Waals surface area contributed by atoms with Gasteiger partial charge in [-0.05, 0) is 7.05 Å². The monoisotopic (exact) mass is 149 g/mol. The molecule has 0 bridgehead atoms. The molecule has 0 aromatic rings. The first-order chi connectivity index (χ1) is 4.83. The van der Waals surface area contributed by atoms with Crippen molar-refractivity contribution in [1.29, 1.82) is 0 Å². The Labute approximate surface area is 61.2 Å². The smallest absolute Gasteiger partial charge is 0.145 e. The van der Waals surface area contributed by atoms with Gasteiger partial charge in [0.25, 0.3) is 0 Å². The van der Waals surface area contributed by atoms with Gasteiger partial charge in [0.1, 0.15) is 12.9 Å². The average Bonchev–Trinajstić information content (AvgIpc) is 1.93. The molecule has 0 aromatic carbocycles. The highest BCUT2D eigenvalue weighted by atomic mass is 16.5. The van der Waals surface area contributed by atoms with Crippen LogP contribution in [0.4, 0.5) is 0 Å². The summed E-state index contributed by atoms with van der Waals surface area (Å²) in [6.45, 7) is 1.14. The number of aldehydes is 1. The van der Waals surface area contributed by atoms with Crippen LogP contribution in [0, 0.1) is 0 Å². The molecule has 4 heteroatoms. The molecule has 0 atom stereocenters. The summed E-state index contributed by atoms with van der Waals surface area (Å²) in [5, 5.41) is 10.8. The lowest BCUT2D eigenvalue weighted by Crippen LogP contribution is -2.10. The van der Waals surface area contributed by atoms with Gasteiger partial charge in [-0.2, -0.15) is 0 Å². The molecular formula is C6H15NO3. The summed E-state index contributed by atoms with van der Waals surface area (Å²) in [5.74, 6) is 0. The zero-order chi connectivity index (χ0) is 8.24. The van der Waals surface area contributed by atoms with E-state index in [0.29, 0.717) is 12.8 Å². The number of methoxy groups -OCH3 is 1. The van der Waals surface area contributed by atoms with Gasteiger partial charge in [-0.3, -0.25) is 0 Å². The number of hydrogen-bond acceptors (Lipinski definition) is 4. The van der Waals surface area contributed by atoms with Crippen LogP contribution >= 0.6 is 0 Å². The number of hydrogen-bond donors (Lipinski definition) is 2. The third-order valence-corrected chi connectivity index (χ3v) is 0.597. The number of aliphatic hydroxyl groups is 1. The minimum Gasteiger partial charge on any atom is -0.395 e. The Balaban J connectivity index is 0. The topological polar surface area (TPSA) is 58.6 Å². The standard InChI is InChI=1S/C3H9NO.C3H6O2/c1-4-2-3-5;1-5-3-2-4/h4-5H,2-3H2,1H3;2H,3H2,1H3. The lowest BCUT2D eigenvalue weighted by atomic mass is 10.7. The molecule has 0 aliphatic carbocycles. The Morgan fingerprint density at radius 3 is 2.30 bits per heavy atom. The molecule has 0 saturated carbocycles. The van der Waals surface area contributed by atoms with Crippen LogP contribution in [0.25, 0.3) is 0 Å². The maximum atomic E-state index is 9.28. The first-order valence-electron chi connectivity index (χ1n) is 3.01. The predicted octanol–water partition coefficient (Wildman–Crippen LogP) is -0.970. The zero-order valence-corrected chi connectivity index (χ0v) is 6.46. The van der Waals surface area contributed by atoms with Gasteiger partial charge < -0.3 is 20.0 Å². The van der Waals surface area contributed by atoms with Crippen LogP contribution in [0.15, 0.2) is 0 Å². The molecule has 0 aliphatic rings. The van der Waals surface area contributed by atoms with E-state index in [9.17, 15) is 4.79 Å². The lowest BCUT2D eigenvalue weighted by molar-refractivity contribution is -0.110. The van der Waals surface area contributed by atoms with Crippen molar-refractivity contribution in [2.24, 2.45) is 0 Å². The molecule has 0 heterocycles. The van der Waals surface area contributed by atoms with Crippen LogP contribution in [0.5, 0.6) is 0 Å². The van der Waals surface area contributed by atoms with E-state index in [1.54, 1.807) is 7.05 Å². The van der Waals surface area contributed by atoms with E-state index in [2.05, 4.69) is 10.1 Å². The molecule has 10 heavy (non-hydrogen) atoms. The van der Waals surface area contributed by atoms with E-state index in [1.165, 1.54) is 7.11 Å². The molecule has 4 nitrogen and oxygen atoms in total. The van der Waals surface area contributed by atoms with Crippen molar-refractivity contribution < 1.29 is 14.6 Å². The van der Waals surface area contributed by atoms with Crippen molar-refractivity contribution in [2.75, 3.05) is 33.9 Å². The minimum absolute atomic E-state index is 0.208. The Bertz CT molecular complexity index is 57.0. The first-order valence-corrected chi connectivity index (χ1v) is 3.01. The number of aliphatic hydroxyl groups excluding tert-OH is 1. The maximum absolute atomic E-state index is 9.28. The van der Waals surface area contributed by atoms with E-state index >= 15 is 0 Å². The van der Waals surface area contributed by atoms with Crippen LogP contribution < -0.4 is 5.32 Å². The number of nitrogens with one attached hydrogen (secondary N) is 1. The predicted molar refractivity (Wildman–Crippen MR) is 39.0 cm³/mol. The summed E-state index contributed by atoms with van der Waals surface area (Å²) in [4.78, 5) is 9.28. The first kappa shape index (κ1) is 12.2. The second-order valence-corrected chi connectivity index (χ2v) is 1.45. The molecule has 0 rings (SSSR count). The van der Waals surface area contributed by atoms with E-state index < -0.39 is 0 Å². The van der Waals surface area contributed by atoms with E-state index in [4.69, 9.17) is 5.11 Å². The van der Waals surface area contributed by atoms with Crippen LogP contribution in [0.2, 0.25) is 0 Å². The summed E-state index contributed by atoms with van der Waals surface area (Å²) in [6.07, 6.45) is 0.708. The summed E-state index contributed by atoms with van der Waals surface area (Å²) < 4.78 is 4.32. The van der Waals surface area contributed by atoms with Gasteiger partial charge in [0.05, 0.1) is 6.61 Å². The molecule has 0 amide bonds. The molecule has 0 spiro atoms. The Hall–Kier alpha value is -0.450. The molecule has 0 aliphatic heterocycles. The quantitative estimate of drug-likeness (QED) is 0.505. The van der Waals surface area contributed by atoms with Crippen molar-refractivity contribution in [1.82, 2.24) is 5.32 Å². The second-order valence-electron chi connectivity index (χ2n) is 1.45. The number of carbonyl (C=O) groups is 1. The maximum Gasteiger partial charge on any atom is 0.145 e. The number of ether oxygens (including phenoxy) is 1. The van der Waals surface area contributed by atoms with Crippen LogP contribution in [0.1, 0.15) is 0 Å². The fourth-order valence-electron chi connectivity index (χ4n) is 0.180. The van der Waals surface area contributed by atoms with Gasteiger partial charge >= 0.3 is 0 Å². The van der Waals surface area contributed by atoms with Gasteiger partial charge in [-0.25, -0.2) is 0 Å². The molecule has 0 radical (unpaired) electrons. The lowest BCUT2D eigenvalue weighted by Gasteiger charge is -1.84. The second kappa shape index (κ2) is 15.8. The Morgan fingerprint density at radius 2 is 2.30 bits per heavy atom. The fraction of sp³-hybridized carbons (Fsp3) is 0.833. The highest BCUT2D eigenvalue weighted by molar-refractivity contribution is 5.50. The largest absolute Gasteiger partial charge is 0.395 e. The van der Waals surface area contributed by atoms with E-state index in [1.807, 2.05) is 0 Å². The third-order valence-electron chi connectivity index (χ3n) is 0.597. The SMILES string of the molecule is CNCCO.COCC=O. The summed E-state index contributed by atoms with van der Waals surface area (Å²) in [7, 11) is 3.28. The number of carbonyl (C=O) groups excluding carboxylic acids is 1. The highest BCUT2D eigenvalue weighted by Gasteiger charge is 1.65. The Kier molecular flexibility index (Phi) is 19.4. The van der Waals surface area contributed by atoms with Gasteiger partial charge in [0, 0.05) is 13.7 Å². The van der Waals surface area contributed by atoms with Crippen LogP contribution in [-0.2, 0) is 9.53 Å². The van der Waals surface area contributed by atoms with E-state index in [-0.39, 0.29) is 13.2 Å². The Morgan fingerprint density at radius 1 is 1.70 bits per heavy atom. The molecule has 0 fully saturated rings. The normalized spacial score (nSPS) is 7.90. The zero-order valence-electron chi connectivity index (χ0n) is 6.46. The summed E-state index contributed by atoms with van der Waals surface area (Å²) >= 11 is 0. The third kappa shape index (κ3) is 25.7. The number of rotatable bonds is 4. The van der Waals surface area contributed by atoms with Gasteiger partial charge in [0.15, 0.2) is 0 Å². The fourth-order valence-corrected chi connectivity index (χ4v) is 0.180. The van der Waals surface area contributed by atoms with Crippen molar-refractivity contribution in [2.45, 2.75) is 0 Å². The van der Waals surface area contributed by atoms with Gasteiger partial charge in [-0.15, -0.1) is 0 Å². The van der Waals surface area contributed by atoms with Crippen molar-refractivity contribution >= 4 is 6.29 Å². The molecule has 0 saturated heterocycles. The molecule has 2 N–H and O–H groups in total. The number of likely N-dealkylation sites (N-methyl/N-ethyl adjacent to an activating group) is 1. The average molecular weight is 149 g/mol. The molecule has 0 aromatic heterocycles. The molecule has 0 unspecified atom stereocenters. The van der Waals surface area contributed by atoms with Gasteiger partial charge in [0.2, 0.25) is 0 Å². The van der Waals surface area contributed by atoms with E-state index in [0.717, 1.165) is 0 Å². The van der Waals surface area contributed by atoms with Gasteiger partial charge in [-0.1, -0.05) is 0 Å². The van der Waals surface area contributed by atoms with Crippen molar-refractivity contribution in [3.63, 3.8) is 0 Å². The van der Waals surface area contributed by atoms with Crippen molar-refractivity contribution in [3.8, 4) is 0 Å². The minimum atomic E-state index is 0.208. The summed E-state index contributed by atoms with van der Waals surface area (Å²) in [5.41, 5.74) is 0. The summed E-state index contributed by atoms with van der Waals surface area (Å²) in [6, 6.07) is 0.